The summed E-state index contributed by atoms with van der Waals surface area (Å²) in [6.07, 6.45) is 0. The topological polar surface area (TPSA) is 58.2 Å². The maximum Gasteiger partial charge on any atom is 0.233 e. The summed E-state index contributed by atoms with van der Waals surface area (Å²) in [7, 11) is -3.28. The Morgan fingerprint density at radius 1 is 1.35 bits per heavy atom. The van der Waals surface area contributed by atoms with E-state index in [4.69, 9.17) is 0 Å². The van der Waals surface area contributed by atoms with Crippen LogP contribution < -0.4 is 10.0 Å². The van der Waals surface area contributed by atoms with E-state index in [1.54, 1.807) is 18.2 Å². The molecule has 0 saturated carbocycles. The highest BCUT2D eigenvalue weighted by molar-refractivity contribution is 9.10. The van der Waals surface area contributed by atoms with Crippen LogP contribution in [0.5, 0.6) is 0 Å². The van der Waals surface area contributed by atoms with Crippen LogP contribution in [0.2, 0.25) is 0 Å². The van der Waals surface area contributed by atoms with E-state index in [2.05, 4.69) is 26.0 Å². The fraction of sp³-hybridized carbons (Fsp3) is 0.455. The molecule has 1 aromatic rings. The summed E-state index contributed by atoms with van der Waals surface area (Å²) >= 11 is 3.29. The van der Waals surface area contributed by atoms with E-state index in [0.29, 0.717) is 12.2 Å². The number of hydrogen-bond acceptors (Lipinski definition) is 3. The van der Waals surface area contributed by atoms with Crippen molar-refractivity contribution >= 4 is 31.6 Å². The Morgan fingerprint density at radius 2 is 2.06 bits per heavy atom. The van der Waals surface area contributed by atoms with Crippen molar-refractivity contribution in [1.29, 1.82) is 0 Å². The minimum atomic E-state index is -3.28. The van der Waals surface area contributed by atoms with Gasteiger partial charge < -0.3 is 5.32 Å². The van der Waals surface area contributed by atoms with Gasteiger partial charge in [-0.25, -0.2) is 8.42 Å². The Labute approximate surface area is 111 Å². The van der Waals surface area contributed by atoms with Gasteiger partial charge in [0.05, 0.1) is 5.75 Å². The quantitative estimate of drug-likeness (QED) is 0.844. The number of halogens is 1. The Balaban J connectivity index is 2.55. The van der Waals surface area contributed by atoms with Crippen LogP contribution in [-0.4, -0.2) is 26.8 Å². The van der Waals surface area contributed by atoms with Gasteiger partial charge in [-0.15, -0.1) is 0 Å². The number of sulfonamides is 1. The maximum atomic E-state index is 11.7. The molecule has 0 heterocycles. The predicted molar refractivity (Wildman–Crippen MR) is 74.7 cm³/mol. The molecule has 0 atom stereocenters. The fourth-order valence-corrected chi connectivity index (χ4v) is 2.64. The van der Waals surface area contributed by atoms with Gasteiger partial charge in [0.25, 0.3) is 0 Å². The van der Waals surface area contributed by atoms with Gasteiger partial charge in [0.15, 0.2) is 0 Å². The molecule has 0 amide bonds. The number of anilines is 1. The lowest BCUT2D eigenvalue weighted by Crippen LogP contribution is -2.30. The molecule has 0 spiro atoms. The molecule has 6 heteroatoms. The van der Waals surface area contributed by atoms with Gasteiger partial charge in [-0.05, 0) is 18.2 Å². The number of nitrogens with one attached hydrogen (secondary N) is 2. The Kier molecular flexibility index (Phi) is 5.42. The van der Waals surface area contributed by atoms with Gasteiger partial charge in [-0.2, -0.15) is 0 Å². The van der Waals surface area contributed by atoms with Crippen molar-refractivity contribution in [3.8, 4) is 0 Å². The molecule has 17 heavy (non-hydrogen) atoms. The zero-order chi connectivity index (χ0) is 12.9. The van der Waals surface area contributed by atoms with Gasteiger partial charge in [0, 0.05) is 22.7 Å². The minimum Gasteiger partial charge on any atom is -0.313 e. The van der Waals surface area contributed by atoms with Gasteiger partial charge >= 0.3 is 0 Å². The second kappa shape index (κ2) is 6.37. The monoisotopic (exact) mass is 320 g/mol. The highest BCUT2D eigenvalue weighted by Crippen LogP contribution is 2.16. The minimum absolute atomic E-state index is 0.0672. The highest BCUT2D eigenvalue weighted by atomic mass is 79.9. The SMILES string of the molecule is CC(C)NCCS(=O)(=O)Nc1cccc(Br)c1. The Morgan fingerprint density at radius 3 is 2.65 bits per heavy atom. The molecule has 0 aliphatic heterocycles. The first-order valence-corrected chi connectivity index (χ1v) is 7.83. The van der Waals surface area contributed by atoms with E-state index in [1.165, 1.54) is 0 Å². The van der Waals surface area contributed by atoms with E-state index in [-0.39, 0.29) is 11.8 Å². The molecular formula is C11H17BrN2O2S. The number of rotatable bonds is 6. The average Bonchev–Trinajstić information content (AvgIpc) is 2.15. The van der Waals surface area contributed by atoms with Crippen molar-refractivity contribution in [2.75, 3.05) is 17.0 Å². The lowest BCUT2D eigenvalue weighted by atomic mass is 10.3. The third-order valence-corrected chi connectivity index (χ3v) is 3.80. The average molecular weight is 321 g/mol. The molecule has 0 bridgehead atoms. The van der Waals surface area contributed by atoms with E-state index in [9.17, 15) is 8.42 Å². The summed E-state index contributed by atoms with van der Waals surface area (Å²) in [6, 6.07) is 7.37. The van der Waals surface area contributed by atoms with Crippen molar-refractivity contribution in [3.63, 3.8) is 0 Å². The van der Waals surface area contributed by atoms with E-state index in [1.807, 2.05) is 19.9 Å². The summed E-state index contributed by atoms with van der Waals surface area (Å²) in [5.74, 6) is 0.0672. The van der Waals surface area contributed by atoms with Gasteiger partial charge in [-0.1, -0.05) is 35.8 Å². The highest BCUT2D eigenvalue weighted by Gasteiger charge is 2.10. The van der Waals surface area contributed by atoms with Crippen LogP contribution >= 0.6 is 15.9 Å². The first kappa shape index (κ1) is 14.5. The van der Waals surface area contributed by atoms with Crippen molar-refractivity contribution < 1.29 is 8.42 Å². The molecule has 0 aliphatic carbocycles. The molecule has 0 saturated heterocycles. The molecule has 96 valence electrons. The second-order valence-electron chi connectivity index (χ2n) is 4.04. The molecule has 4 nitrogen and oxygen atoms in total. The smallest absolute Gasteiger partial charge is 0.233 e. The third kappa shape index (κ3) is 6.05. The zero-order valence-electron chi connectivity index (χ0n) is 9.90. The van der Waals surface area contributed by atoms with Crippen LogP contribution in [0, 0.1) is 0 Å². The van der Waals surface area contributed by atoms with E-state index < -0.39 is 10.0 Å². The predicted octanol–water partition coefficient (Wildman–Crippen LogP) is 2.19. The largest absolute Gasteiger partial charge is 0.313 e. The van der Waals surface area contributed by atoms with Crippen LogP contribution in [-0.2, 0) is 10.0 Å². The van der Waals surface area contributed by atoms with Gasteiger partial charge in [-0.3, -0.25) is 4.72 Å². The van der Waals surface area contributed by atoms with Gasteiger partial charge in [0.1, 0.15) is 0 Å². The van der Waals surface area contributed by atoms with Crippen LogP contribution in [0.1, 0.15) is 13.8 Å². The van der Waals surface area contributed by atoms with E-state index >= 15 is 0 Å². The number of hydrogen-bond donors (Lipinski definition) is 2. The summed E-state index contributed by atoms with van der Waals surface area (Å²) < 4.78 is 26.8. The summed E-state index contributed by atoms with van der Waals surface area (Å²) in [5, 5.41) is 3.07. The molecule has 1 aromatic carbocycles. The van der Waals surface area contributed by atoms with Crippen LogP contribution in [0.15, 0.2) is 28.7 Å². The standard InChI is InChI=1S/C11H17BrN2O2S/c1-9(2)13-6-7-17(15,16)14-11-5-3-4-10(12)8-11/h3-5,8-9,13-14H,6-7H2,1-2H3. The molecule has 0 unspecified atom stereocenters. The number of benzene rings is 1. The van der Waals surface area contributed by atoms with Crippen molar-refractivity contribution in [1.82, 2.24) is 5.32 Å². The van der Waals surface area contributed by atoms with Crippen molar-refractivity contribution in [2.24, 2.45) is 0 Å². The van der Waals surface area contributed by atoms with Gasteiger partial charge in [0.2, 0.25) is 10.0 Å². The normalized spacial score (nSPS) is 11.8. The molecule has 0 aliphatic rings. The molecular weight excluding hydrogens is 304 g/mol. The van der Waals surface area contributed by atoms with E-state index in [0.717, 1.165) is 4.47 Å². The molecule has 2 N–H and O–H groups in total. The van der Waals surface area contributed by atoms with Crippen LogP contribution in [0.4, 0.5) is 5.69 Å². The third-order valence-electron chi connectivity index (χ3n) is 2.02. The molecule has 0 radical (unpaired) electrons. The fourth-order valence-electron chi connectivity index (χ4n) is 1.26. The maximum absolute atomic E-state index is 11.7. The zero-order valence-corrected chi connectivity index (χ0v) is 12.3. The Hall–Kier alpha value is -0.590. The van der Waals surface area contributed by atoms with Crippen molar-refractivity contribution in [3.05, 3.63) is 28.7 Å². The summed E-state index contributed by atoms with van der Waals surface area (Å²) in [5.41, 5.74) is 0.573. The first-order chi connectivity index (χ1) is 7.89. The first-order valence-electron chi connectivity index (χ1n) is 5.38. The second-order valence-corrected chi connectivity index (χ2v) is 6.80. The molecule has 1 rings (SSSR count). The molecule has 0 fully saturated rings. The van der Waals surface area contributed by atoms with Crippen LogP contribution in [0.3, 0.4) is 0 Å². The summed E-state index contributed by atoms with van der Waals surface area (Å²) in [6.45, 7) is 4.41. The van der Waals surface area contributed by atoms with Crippen LogP contribution in [0.25, 0.3) is 0 Å². The lowest BCUT2D eigenvalue weighted by molar-refractivity contribution is 0.582. The Bertz CT molecular complexity index is 460. The molecule has 0 aromatic heterocycles. The van der Waals surface area contributed by atoms with Crippen molar-refractivity contribution in [2.45, 2.75) is 19.9 Å². The summed E-state index contributed by atoms with van der Waals surface area (Å²) in [4.78, 5) is 0. The lowest BCUT2D eigenvalue weighted by Gasteiger charge is -2.10.